The number of nitrogens with zero attached hydrogens (tertiary/aromatic N) is 3. The molecule has 9 heteroatoms. The van der Waals surface area contributed by atoms with Crippen LogP contribution in [0, 0.1) is 9.39 Å². The SMILES string of the molecule is O=C(Nc1ncn(Cc2ccccc2F)n1)c1ccc(COc2ccc(I)cc2)o1. The number of carbonyl (C=O) groups excluding carboxylic acids is 1. The molecule has 0 saturated heterocycles. The van der Waals surface area contributed by atoms with Gasteiger partial charge in [0.2, 0.25) is 5.95 Å². The minimum absolute atomic E-state index is 0.101. The normalized spacial score (nSPS) is 10.7. The molecule has 0 aliphatic carbocycles. The molecule has 4 aromatic rings. The second-order valence-corrected chi connectivity index (χ2v) is 7.57. The third kappa shape index (κ3) is 5.03. The number of hydrogen-bond acceptors (Lipinski definition) is 5. The lowest BCUT2D eigenvalue weighted by atomic mass is 10.2. The van der Waals surface area contributed by atoms with E-state index in [-0.39, 0.29) is 30.7 Å². The van der Waals surface area contributed by atoms with Crippen molar-refractivity contribution in [3.8, 4) is 5.75 Å². The second kappa shape index (κ2) is 9.08. The summed E-state index contributed by atoms with van der Waals surface area (Å²) in [7, 11) is 0. The first-order chi connectivity index (χ1) is 14.6. The molecule has 4 rings (SSSR count). The first-order valence-electron chi connectivity index (χ1n) is 8.98. The molecule has 0 radical (unpaired) electrons. The van der Waals surface area contributed by atoms with Crippen molar-refractivity contribution in [3.63, 3.8) is 0 Å². The molecule has 0 saturated carbocycles. The van der Waals surface area contributed by atoms with Gasteiger partial charge >= 0.3 is 0 Å². The second-order valence-electron chi connectivity index (χ2n) is 6.32. The fourth-order valence-corrected chi connectivity index (χ4v) is 3.01. The molecule has 0 spiro atoms. The molecule has 0 aliphatic heterocycles. The highest BCUT2D eigenvalue weighted by atomic mass is 127. The number of halogens is 2. The van der Waals surface area contributed by atoms with Crippen molar-refractivity contribution < 1.29 is 18.3 Å². The van der Waals surface area contributed by atoms with E-state index in [0.717, 1.165) is 3.57 Å². The predicted molar refractivity (Wildman–Crippen MR) is 116 cm³/mol. The van der Waals surface area contributed by atoms with E-state index in [2.05, 4.69) is 38.0 Å². The Labute approximate surface area is 185 Å². The van der Waals surface area contributed by atoms with Gasteiger partial charge in [0.05, 0.1) is 6.54 Å². The van der Waals surface area contributed by atoms with E-state index in [0.29, 0.717) is 17.1 Å². The summed E-state index contributed by atoms with van der Waals surface area (Å²) in [6.07, 6.45) is 1.42. The smallest absolute Gasteiger partial charge is 0.293 e. The van der Waals surface area contributed by atoms with Gasteiger partial charge in [0, 0.05) is 9.13 Å². The number of ether oxygens (including phenoxy) is 1. The molecule has 0 aliphatic rings. The van der Waals surface area contributed by atoms with E-state index in [1.165, 1.54) is 17.1 Å². The van der Waals surface area contributed by atoms with Crippen LogP contribution in [0.2, 0.25) is 0 Å². The Morgan fingerprint density at radius 2 is 1.93 bits per heavy atom. The molecule has 0 unspecified atom stereocenters. The Balaban J connectivity index is 1.34. The van der Waals surface area contributed by atoms with Gasteiger partial charge in [-0.15, -0.1) is 5.10 Å². The standard InChI is InChI=1S/C21H16FIN4O3/c22-18-4-2-1-3-14(18)11-27-13-24-21(26-27)25-20(28)19-10-9-17(30-19)12-29-16-7-5-15(23)6-8-16/h1-10,13H,11-12H2,(H,25,26,28). The Bertz CT molecular complexity index is 1160. The molecule has 152 valence electrons. The van der Waals surface area contributed by atoms with E-state index < -0.39 is 5.91 Å². The van der Waals surface area contributed by atoms with Crippen LogP contribution in [0.5, 0.6) is 5.75 Å². The van der Waals surface area contributed by atoms with Gasteiger partial charge < -0.3 is 9.15 Å². The Morgan fingerprint density at radius 1 is 1.13 bits per heavy atom. The van der Waals surface area contributed by atoms with Gasteiger partial charge in [-0.1, -0.05) is 18.2 Å². The summed E-state index contributed by atoms with van der Waals surface area (Å²) < 4.78 is 27.5. The molecule has 2 heterocycles. The van der Waals surface area contributed by atoms with E-state index in [9.17, 15) is 9.18 Å². The number of carbonyl (C=O) groups is 1. The minimum Gasteiger partial charge on any atom is -0.486 e. The predicted octanol–water partition coefficient (Wildman–Crippen LogP) is 4.49. The molecule has 7 nitrogen and oxygen atoms in total. The van der Waals surface area contributed by atoms with Crippen molar-refractivity contribution in [1.82, 2.24) is 14.8 Å². The summed E-state index contributed by atoms with van der Waals surface area (Å²) >= 11 is 2.22. The molecule has 1 amide bonds. The van der Waals surface area contributed by atoms with Gasteiger partial charge in [-0.2, -0.15) is 0 Å². The van der Waals surface area contributed by atoms with E-state index in [4.69, 9.17) is 9.15 Å². The first-order valence-corrected chi connectivity index (χ1v) is 10.1. The first kappa shape index (κ1) is 20.1. The lowest BCUT2D eigenvalue weighted by molar-refractivity contribution is 0.0991. The summed E-state index contributed by atoms with van der Waals surface area (Å²) in [5.41, 5.74) is 0.476. The molecule has 0 bridgehead atoms. The maximum absolute atomic E-state index is 13.8. The lowest BCUT2D eigenvalue weighted by Gasteiger charge is -2.04. The zero-order valence-electron chi connectivity index (χ0n) is 15.6. The largest absolute Gasteiger partial charge is 0.486 e. The average Bonchev–Trinajstić information content (AvgIpc) is 3.39. The van der Waals surface area contributed by atoms with Crippen molar-refractivity contribution in [2.45, 2.75) is 13.2 Å². The van der Waals surface area contributed by atoms with Gasteiger partial charge in [0.15, 0.2) is 5.76 Å². The number of nitrogens with one attached hydrogen (secondary N) is 1. The van der Waals surface area contributed by atoms with Crippen LogP contribution in [0.4, 0.5) is 10.3 Å². The van der Waals surface area contributed by atoms with Crippen LogP contribution in [0.3, 0.4) is 0 Å². The summed E-state index contributed by atoms with van der Waals surface area (Å²) in [5, 5.41) is 6.70. The van der Waals surface area contributed by atoms with Crippen LogP contribution in [0.15, 0.2) is 71.4 Å². The lowest BCUT2D eigenvalue weighted by Crippen LogP contribution is -2.12. The van der Waals surface area contributed by atoms with Crippen molar-refractivity contribution in [1.29, 1.82) is 0 Å². The average molecular weight is 518 g/mol. The van der Waals surface area contributed by atoms with Crippen LogP contribution >= 0.6 is 22.6 Å². The van der Waals surface area contributed by atoms with E-state index in [1.54, 1.807) is 30.3 Å². The number of amides is 1. The minimum atomic E-state index is -0.487. The zero-order valence-corrected chi connectivity index (χ0v) is 17.7. The monoisotopic (exact) mass is 518 g/mol. The van der Waals surface area contributed by atoms with Gasteiger partial charge in [-0.3, -0.25) is 10.1 Å². The molecular weight excluding hydrogens is 502 g/mol. The molecule has 2 aromatic carbocycles. The Morgan fingerprint density at radius 3 is 2.73 bits per heavy atom. The topological polar surface area (TPSA) is 82.2 Å². The molecule has 2 aromatic heterocycles. The molecule has 0 atom stereocenters. The van der Waals surface area contributed by atoms with E-state index in [1.807, 2.05) is 24.3 Å². The summed E-state index contributed by atoms with van der Waals surface area (Å²) in [5.74, 6) is 0.624. The third-order valence-electron chi connectivity index (χ3n) is 4.13. The van der Waals surface area contributed by atoms with Gasteiger partial charge in [0.1, 0.15) is 30.3 Å². The fraction of sp³-hybridized carbons (Fsp3) is 0.0952. The van der Waals surface area contributed by atoms with Crippen LogP contribution in [-0.4, -0.2) is 20.7 Å². The Kier molecular flexibility index (Phi) is 6.07. The van der Waals surface area contributed by atoms with Gasteiger partial charge in [-0.05, 0) is 65.1 Å². The van der Waals surface area contributed by atoms with Gasteiger partial charge in [0.25, 0.3) is 5.91 Å². The fourth-order valence-electron chi connectivity index (χ4n) is 2.66. The number of rotatable bonds is 7. The third-order valence-corrected chi connectivity index (χ3v) is 4.85. The van der Waals surface area contributed by atoms with Crippen LogP contribution < -0.4 is 10.1 Å². The van der Waals surface area contributed by atoms with Gasteiger partial charge in [-0.25, -0.2) is 14.1 Å². The van der Waals surface area contributed by atoms with Crippen molar-refractivity contribution >= 4 is 34.4 Å². The zero-order chi connectivity index (χ0) is 20.9. The highest BCUT2D eigenvalue weighted by Gasteiger charge is 2.14. The molecule has 30 heavy (non-hydrogen) atoms. The maximum Gasteiger partial charge on any atom is 0.293 e. The number of benzene rings is 2. The van der Waals surface area contributed by atoms with Crippen LogP contribution in [0.25, 0.3) is 0 Å². The summed E-state index contributed by atoms with van der Waals surface area (Å²) in [6.45, 7) is 0.402. The quantitative estimate of drug-likeness (QED) is 0.365. The molecule has 0 fully saturated rings. The maximum atomic E-state index is 13.8. The number of hydrogen-bond donors (Lipinski definition) is 1. The molecular formula is C21H16FIN4O3. The van der Waals surface area contributed by atoms with Crippen LogP contribution in [-0.2, 0) is 13.2 Å². The highest BCUT2D eigenvalue weighted by molar-refractivity contribution is 14.1. The van der Waals surface area contributed by atoms with Crippen molar-refractivity contribution in [2.75, 3.05) is 5.32 Å². The van der Waals surface area contributed by atoms with E-state index >= 15 is 0 Å². The summed E-state index contributed by atoms with van der Waals surface area (Å²) in [6, 6.07) is 17.2. The van der Waals surface area contributed by atoms with Crippen molar-refractivity contribution in [2.24, 2.45) is 0 Å². The van der Waals surface area contributed by atoms with Crippen molar-refractivity contribution in [3.05, 3.63) is 93.5 Å². The number of furan rings is 1. The summed E-state index contributed by atoms with van der Waals surface area (Å²) in [4.78, 5) is 16.4. The Hall–Kier alpha value is -3.21. The highest BCUT2D eigenvalue weighted by Crippen LogP contribution is 2.17. The van der Waals surface area contributed by atoms with Crippen LogP contribution in [0.1, 0.15) is 21.9 Å². The number of anilines is 1. The molecule has 1 N–H and O–H groups in total. The number of aromatic nitrogens is 3.